The number of carbonyl (C=O) groups is 1. The number of alkyl halides is 1. The molecule has 0 saturated heterocycles. The Hall–Kier alpha value is -1.09. The normalized spacial score (nSPS) is 10.9. The number of benzene rings is 1. The zero-order valence-electron chi connectivity index (χ0n) is 9.24. The van der Waals surface area contributed by atoms with Gasteiger partial charge in [-0.25, -0.2) is 4.79 Å². The summed E-state index contributed by atoms with van der Waals surface area (Å²) in [7, 11) is 0. The van der Waals surface area contributed by atoms with Crippen molar-refractivity contribution in [2.75, 3.05) is 5.33 Å². The van der Waals surface area contributed by atoms with Crippen LogP contribution in [0.1, 0.15) is 23.1 Å². The first-order valence-corrected chi connectivity index (χ1v) is 6.31. The molecule has 1 aromatic rings. The molecule has 0 spiro atoms. The fourth-order valence-corrected chi connectivity index (χ4v) is 1.85. The molecule has 0 aliphatic carbocycles. The molecule has 0 amide bonds. The van der Waals surface area contributed by atoms with Crippen LogP contribution in [0.5, 0.6) is 0 Å². The fourth-order valence-electron chi connectivity index (χ4n) is 1.57. The molecular weight excluding hydrogens is 268 g/mol. The summed E-state index contributed by atoms with van der Waals surface area (Å²) in [6.45, 7) is 2.02. The van der Waals surface area contributed by atoms with Crippen molar-refractivity contribution in [3.63, 3.8) is 0 Å². The van der Waals surface area contributed by atoms with Gasteiger partial charge in [-0.05, 0) is 37.0 Å². The van der Waals surface area contributed by atoms with E-state index < -0.39 is 5.97 Å². The van der Waals surface area contributed by atoms with Gasteiger partial charge in [0.25, 0.3) is 0 Å². The summed E-state index contributed by atoms with van der Waals surface area (Å²) in [5, 5.41) is 9.55. The Kier molecular flexibility index (Phi) is 5.26. The summed E-state index contributed by atoms with van der Waals surface area (Å²) < 4.78 is 0. The third kappa shape index (κ3) is 4.62. The first-order valence-electron chi connectivity index (χ1n) is 5.19. The molecule has 1 rings (SSSR count). The maximum atomic E-state index is 10.4. The molecule has 16 heavy (non-hydrogen) atoms. The minimum absolute atomic E-state index is 0.913. The van der Waals surface area contributed by atoms with Crippen LogP contribution in [0.2, 0.25) is 0 Å². The van der Waals surface area contributed by atoms with Crippen molar-refractivity contribution in [1.29, 1.82) is 0 Å². The van der Waals surface area contributed by atoms with Crippen LogP contribution in [0.25, 0.3) is 6.08 Å². The zero-order valence-corrected chi connectivity index (χ0v) is 10.8. The fraction of sp³-hybridized carbons (Fsp3) is 0.308. The quantitative estimate of drug-likeness (QED) is 0.664. The Morgan fingerprint density at radius 1 is 1.44 bits per heavy atom. The average Bonchev–Trinajstić information content (AvgIpc) is 2.23. The molecule has 2 nitrogen and oxygen atoms in total. The molecule has 0 bridgehead atoms. The first kappa shape index (κ1) is 13.0. The van der Waals surface area contributed by atoms with Crippen molar-refractivity contribution in [2.24, 2.45) is 0 Å². The topological polar surface area (TPSA) is 37.3 Å². The van der Waals surface area contributed by atoms with Gasteiger partial charge in [0.05, 0.1) is 0 Å². The Morgan fingerprint density at radius 3 is 2.81 bits per heavy atom. The summed E-state index contributed by atoms with van der Waals surface area (Å²) in [6.07, 6.45) is 4.91. The standard InChI is InChI=1S/C13H15BrO2/c1-10-7-11(3-2-6-14)9-12(8-10)4-5-13(15)16/h4-5,7-9H,2-3,6H2,1H3,(H,15,16)/b5-4+. The zero-order chi connectivity index (χ0) is 12.0. The van der Waals surface area contributed by atoms with Crippen LogP contribution in [0, 0.1) is 6.92 Å². The highest BCUT2D eigenvalue weighted by Gasteiger charge is 1.97. The number of halogens is 1. The summed E-state index contributed by atoms with van der Waals surface area (Å²) in [5.41, 5.74) is 3.37. The minimum atomic E-state index is -0.913. The molecule has 1 N–H and O–H groups in total. The third-order valence-electron chi connectivity index (χ3n) is 2.18. The van der Waals surface area contributed by atoms with Gasteiger partial charge in [-0.15, -0.1) is 0 Å². The van der Waals surface area contributed by atoms with Crippen molar-refractivity contribution < 1.29 is 9.90 Å². The molecular formula is C13H15BrO2. The Labute approximate surface area is 104 Å². The van der Waals surface area contributed by atoms with Gasteiger partial charge >= 0.3 is 5.97 Å². The summed E-state index contributed by atoms with van der Waals surface area (Å²) in [5.74, 6) is -0.913. The predicted molar refractivity (Wildman–Crippen MR) is 70.0 cm³/mol. The monoisotopic (exact) mass is 282 g/mol. The highest BCUT2D eigenvalue weighted by molar-refractivity contribution is 9.09. The Balaban J connectivity index is 2.85. The SMILES string of the molecule is Cc1cc(/C=C/C(=O)O)cc(CCCBr)c1. The van der Waals surface area contributed by atoms with E-state index in [0.717, 1.165) is 29.3 Å². The third-order valence-corrected chi connectivity index (χ3v) is 2.74. The molecule has 0 aliphatic heterocycles. The second kappa shape index (κ2) is 6.48. The highest BCUT2D eigenvalue weighted by atomic mass is 79.9. The van der Waals surface area contributed by atoms with Gasteiger partial charge in [-0.1, -0.05) is 39.7 Å². The van der Waals surface area contributed by atoms with Gasteiger partial charge in [-0.3, -0.25) is 0 Å². The predicted octanol–water partition coefficient (Wildman–Crippen LogP) is 3.42. The van der Waals surface area contributed by atoms with Gasteiger partial charge in [0, 0.05) is 11.4 Å². The van der Waals surface area contributed by atoms with E-state index >= 15 is 0 Å². The second-order valence-corrected chi connectivity index (χ2v) is 4.51. The molecule has 0 aliphatic rings. The smallest absolute Gasteiger partial charge is 0.328 e. The largest absolute Gasteiger partial charge is 0.478 e. The maximum absolute atomic E-state index is 10.4. The number of carboxylic acids is 1. The summed E-state index contributed by atoms with van der Waals surface area (Å²) in [4.78, 5) is 10.4. The van der Waals surface area contributed by atoms with Gasteiger partial charge in [0.2, 0.25) is 0 Å². The molecule has 0 atom stereocenters. The Bertz CT molecular complexity index is 397. The van der Waals surface area contributed by atoms with Crippen LogP contribution in [0.3, 0.4) is 0 Å². The molecule has 3 heteroatoms. The molecule has 86 valence electrons. The summed E-state index contributed by atoms with van der Waals surface area (Å²) in [6, 6.07) is 6.16. The van der Waals surface area contributed by atoms with E-state index in [9.17, 15) is 4.79 Å². The Morgan fingerprint density at radius 2 is 2.19 bits per heavy atom. The van der Waals surface area contributed by atoms with E-state index in [4.69, 9.17) is 5.11 Å². The van der Waals surface area contributed by atoms with E-state index in [1.165, 1.54) is 11.6 Å². The van der Waals surface area contributed by atoms with Crippen LogP contribution in [-0.4, -0.2) is 16.4 Å². The molecule has 0 saturated carbocycles. The van der Waals surface area contributed by atoms with Gasteiger partial charge in [0.15, 0.2) is 0 Å². The lowest BCUT2D eigenvalue weighted by Crippen LogP contribution is -1.90. The number of carboxylic acid groups (broad SMARTS) is 1. The maximum Gasteiger partial charge on any atom is 0.328 e. The van der Waals surface area contributed by atoms with Crippen LogP contribution in [0.4, 0.5) is 0 Å². The molecule has 0 heterocycles. The van der Waals surface area contributed by atoms with Crippen LogP contribution < -0.4 is 0 Å². The number of aliphatic carboxylic acids is 1. The van der Waals surface area contributed by atoms with E-state index in [1.54, 1.807) is 6.08 Å². The second-order valence-electron chi connectivity index (χ2n) is 3.72. The van der Waals surface area contributed by atoms with E-state index in [2.05, 4.69) is 22.0 Å². The lowest BCUT2D eigenvalue weighted by atomic mass is 10.0. The minimum Gasteiger partial charge on any atom is -0.478 e. The van der Waals surface area contributed by atoms with Crippen LogP contribution in [-0.2, 0) is 11.2 Å². The van der Waals surface area contributed by atoms with Crippen LogP contribution >= 0.6 is 15.9 Å². The van der Waals surface area contributed by atoms with Crippen molar-refractivity contribution in [1.82, 2.24) is 0 Å². The lowest BCUT2D eigenvalue weighted by molar-refractivity contribution is -0.131. The highest BCUT2D eigenvalue weighted by Crippen LogP contribution is 2.13. The van der Waals surface area contributed by atoms with Gasteiger partial charge in [-0.2, -0.15) is 0 Å². The van der Waals surface area contributed by atoms with Crippen LogP contribution in [0.15, 0.2) is 24.3 Å². The first-order chi connectivity index (χ1) is 7.61. The average molecular weight is 283 g/mol. The van der Waals surface area contributed by atoms with E-state index in [-0.39, 0.29) is 0 Å². The van der Waals surface area contributed by atoms with E-state index in [1.807, 2.05) is 19.1 Å². The van der Waals surface area contributed by atoms with Crippen molar-refractivity contribution in [2.45, 2.75) is 19.8 Å². The van der Waals surface area contributed by atoms with Crippen molar-refractivity contribution in [3.05, 3.63) is 41.0 Å². The molecule has 0 radical (unpaired) electrons. The van der Waals surface area contributed by atoms with Crippen molar-refractivity contribution in [3.8, 4) is 0 Å². The molecule has 0 fully saturated rings. The number of hydrogen-bond acceptors (Lipinski definition) is 1. The van der Waals surface area contributed by atoms with Gasteiger partial charge in [0.1, 0.15) is 0 Å². The summed E-state index contributed by atoms with van der Waals surface area (Å²) >= 11 is 3.40. The number of rotatable bonds is 5. The number of aryl methyl sites for hydroxylation is 2. The van der Waals surface area contributed by atoms with Crippen molar-refractivity contribution >= 4 is 28.0 Å². The number of hydrogen-bond donors (Lipinski definition) is 1. The molecule has 1 aromatic carbocycles. The lowest BCUT2D eigenvalue weighted by Gasteiger charge is -2.04. The molecule has 0 unspecified atom stereocenters. The van der Waals surface area contributed by atoms with Gasteiger partial charge < -0.3 is 5.11 Å². The van der Waals surface area contributed by atoms with E-state index in [0.29, 0.717) is 0 Å². The molecule has 0 aromatic heterocycles.